The van der Waals surface area contributed by atoms with E-state index in [4.69, 9.17) is 9.15 Å². The Kier molecular flexibility index (Phi) is 6.91. The normalized spacial score (nSPS) is 11.8. The fourth-order valence-corrected chi connectivity index (χ4v) is 3.36. The summed E-state index contributed by atoms with van der Waals surface area (Å²) in [6, 6.07) is 15.1. The minimum atomic E-state index is -4.34. The van der Waals surface area contributed by atoms with Gasteiger partial charge in [-0.2, -0.15) is 13.2 Å². The van der Waals surface area contributed by atoms with Gasteiger partial charge in [-0.25, -0.2) is 0 Å². The van der Waals surface area contributed by atoms with Crippen molar-refractivity contribution in [3.8, 4) is 17.1 Å². The summed E-state index contributed by atoms with van der Waals surface area (Å²) in [7, 11) is 0. The molecule has 0 bridgehead atoms. The first-order chi connectivity index (χ1) is 14.3. The van der Waals surface area contributed by atoms with Crippen molar-refractivity contribution in [3.05, 3.63) is 77.0 Å². The molecule has 1 heterocycles. The van der Waals surface area contributed by atoms with Gasteiger partial charge in [0.25, 0.3) is 0 Å². The Bertz CT molecular complexity index is 953. The molecule has 0 saturated carbocycles. The molecular weight excluding hydrogens is 389 g/mol. The zero-order valence-electron chi connectivity index (χ0n) is 17.6. The van der Waals surface area contributed by atoms with Crippen molar-refractivity contribution in [2.24, 2.45) is 0 Å². The van der Waals surface area contributed by atoms with E-state index in [1.54, 1.807) is 0 Å². The largest absolute Gasteiger partial charge is 0.494 e. The van der Waals surface area contributed by atoms with Crippen LogP contribution in [0, 0.1) is 0 Å². The van der Waals surface area contributed by atoms with Gasteiger partial charge < -0.3 is 9.15 Å². The molecule has 30 heavy (non-hydrogen) atoms. The van der Waals surface area contributed by atoms with Crippen LogP contribution in [0.25, 0.3) is 11.3 Å². The number of furan rings is 1. The van der Waals surface area contributed by atoms with E-state index in [1.807, 2.05) is 25.1 Å². The standard InChI is InChI=1S/C25H27F3O2/c1-4-23-20(8-6-14-29-22-9-5-7-19(15-22)17(2)3)16-24(30-23)18-10-12-21(13-11-18)25(26,27)28/h5,7,9-13,15-17H,4,6,8,14H2,1-3H3. The van der Waals surface area contributed by atoms with E-state index in [0.717, 1.165) is 48.5 Å². The molecule has 0 aliphatic heterocycles. The number of alkyl halides is 3. The van der Waals surface area contributed by atoms with Gasteiger partial charge in [0.1, 0.15) is 17.3 Å². The van der Waals surface area contributed by atoms with Crippen molar-refractivity contribution in [2.75, 3.05) is 6.61 Å². The van der Waals surface area contributed by atoms with E-state index in [1.165, 1.54) is 17.7 Å². The first-order valence-corrected chi connectivity index (χ1v) is 10.3. The molecule has 3 aromatic rings. The Morgan fingerprint density at radius 2 is 1.73 bits per heavy atom. The fourth-order valence-electron chi connectivity index (χ4n) is 3.36. The van der Waals surface area contributed by atoms with E-state index >= 15 is 0 Å². The van der Waals surface area contributed by atoms with Crippen molar-refractivity contribution < 1.29 is 22.3 Å². The zero-order chi connectivity index (χ0) is 21.7. The van der Waals surface area contributed by atoms with Crippen molar-refractivity contribution in [1.82, 2.24) is 0 Å². The number of aryl methyl sites for hydroxylation is 2. The van der Waals surface area contributed by atoms with Crippen LogP contribution >= 0.6 is 0 Å². The Morgan fingerprint density at radius 1 is 1.00 bits per heavy atom. The molecule has 0 amide bonds. The van der Waals surface area contributed by atoms with Crippen molar-refractivity contribution >= 4 is 0 Å². The molecule has 0 unspecified atom stereocenters. The first-order valence-electron chi connectivity index (χ1n) is 10.3. The van der Waals surface area contributed by atoms with Crippen LogP contribution in [-0.2, 0) is 19.0 Å². The minimum Gasteiger partial charge on any atom is -0.494 e. The average Bonchev–Trinajstić information content (AvgIpc) is 3.14. The second-order valence-electron chi connectivity index (χ2n) is 7.67. The minimum absolute atomic E-state index is 0.454. The van der Waals surface area contributed by atoms with E-state index in [0.29, 0.717) is 23.8 Å². The van der Waals surface area contributed by atoms with Crippen LogP contribution in [0.3, 0.4) is 0 Å². The van der Waals surface area contributed by atoms with Crippen LogP contribution in [0.2, 0.25) is 0 Å². The number of ether oxygens (including phenoxy) is 1. The molecule has 0 N–H and O–H groups in total. The van der Waals surface area contributed by atoms with Crippen molar-refractivity contribution in [1.29, 1.82) is 0 Å². The molecule has 5 heteroatoms. The molecular formula is C25H27F3O2. The van der Waals surface area contributed by atoms with Crippen molar-refractivity contribution in [2.45, 2.75) is 52.1 Å². The third-order valence-corrected chi connectivity index (χ3v) is 5.10. The van der Waals surface area contributed by atoms with E-state index in [9.17, 15) is 13.2 Å². The summed E-state index contributed by atoms with van der Waals surface area (Å²) >= 11 is 0. The first kappa shape index (κ1) is 22.0. The van der Waals surface area contributed by atoms with Gasteiger partial charge in [-0.15, -0.1) is 0 Å². The lowest BCUT2D eigenvalue weighted by atomic mass is 10.0. The third kappa shape index (κ3) is 5.47. The Balaban J connectivity index is 1.62. The maximum absolute atomic E-state index is 12.8. The summed E-state index contributed by atoms with van der Waals surface area (Å²) < 4.78 is 50.1. The quantitative estimate of drug-likeness (QED) is 0.352. The molecule has 2 nitrogen and oxygen atoms in total. The second-order valence-corrected chi connectivity index (χ2v) is 7.67. The molecule has 1 aromatic heterocycles. The summed E-state index contributed by atoms with van der Waals surface area (Å²) in [5.74, 6) is 2.79. The topological polar surface area (TPSA) is 22.4 Å². The number of benzene rings is 2. The molecule has 160 valence electrons. The van der Waals surface area contributed by atoms with Crippen LogP contribution in [0.15, 0.2) is 59.0 Å². The van der Waals surface area contributed by atoms with Crippen LogP contribution in [0.4, 0.5) is 13.2 Å². The molecule has 0 spiro atoms. The lowest BCUT2D eigenvalue weighted by Gasteiger charge is -2.10. The van der Waals surface area contributed by atoms with E-state index in [-0.39, 0.29) is 0 Å². The van der Waals surface area contributed by atoms with Crippen LogP contribution in [0.5, 0.6) is 5.75 Å². The molecule has 0 atom stereocenters. The van der Waals surface area contributed by atoms with Gasteiger partial charge in [-0.1, -0.05) is 45.0 Å². The van der Waals surface area contributed by atoms with Crippen LogP contribution in [-0.4, -0.2) is 6.61 Å². The lowest BCUT2D eigenvalue weighted by molar-refractivity contribution is -0.137. The second kappa shape index (κ2) is 9.41. The molecule has 0 fully saturated rings. The van der Waals surface area contributed by atoms with Gasteiger partial charge in [0.05, 0.1) is 12.2 Å². The number of hydrogen-bond donors (Lipinski definition) is 0. The Morgan fingerprint density at radius 3 is 2.37 bits per heavy atom. The van der Waals surface area contributed by atoms with Crippen LogP contribution in [0.1, 0.15) is 55.6 Å². The van der Waals surface area contributed by atoms with Crippen molar-refractivity contribution in [3.63, 3.8) is 0 Å². The zero-order valence-corrected chi connectivity index (χ0v) is 17.6. The number of halogens is 3. The molecule has 0 saturated heterocycles. The van der Waals surface area contributed by atoms with Gasteiger partial charge in [-0.3, -0.25) is 0 Å². The van der Waals surface area contributed by atoms with E-state index < -0.39 is 11.7 Å². The summed E-state index contributed by atoms with van der Waals surface area (Å²) in [5.41, 5.74) is 2.31. The smallest absolute Gasteiger partial charge is 0.416 e. The van der Waals surface area contributed by atoms with Gasteiger partial charge in [0.15, 0.2) is 0 Å². The summed E-state index contributed by atoms with van der Waals surface area (Å²) in [6.45, 7) is 6.90. The van der Waals surface area contributed by atoms with E-state index in [2.05, 4.69) is 26.0 Å². The summed E-state index contributed by atoms with van der Waals surface area (Å²) in [6.07, 6.45) is -1.99. The monoisotopic (exact) mass is 416 g/mol. The molecule has 0 radical (unpaired) electrons. The van der Waals surface area contributed by atoms with Gasteiger partial charge in [0.2, 0.25) is 0 Å². The number of hydrogen-bond acceptors (Lipinski definition) is 2. The predicted octanol–water partition coefficient (Wildman–Crippen LogP) is 7.66. The maximum Gasteiger partial charge on any atom is 0.416 e. The SMILES string of the molecule is CCc1oc(-c2ccc(C(F)(F)F)cc2)cc1CCCOc1cccc(C(C)C)c1. The van der Waals surface area contributed by atoms with Gasteiger partial charge >= 0.3 is 6.18 Å². The fraction of sp³-hybridized carbons (Fsp3) is 0.360. The Hall–Kier alpha value is -2.69. The average molecular weight is 416 g/mol. The predicted molar refractivity (Wildman–Crippen MR) is 113 cm³/mol. The Labute approximate surface area is 175 Å². The summed E-state index contributed by atoms with van der Waals surface area (Å²) in [5, 5.41) is 0. The highest BCUT2D eigenvalue weighted by molar-refractivity contribution is 5.59. The highest BCUT2D eigenvalue weighted by Gasteiger charge is 2.30. The van der Waals surface area contributed by atoms with Crippen LogP contribution < -0.4 is 4.74 Å². The maximum atomic E-state index is 12.8. The molecule has 3 rings (SSSR count). The highest BCUT2D eigenvalue weighted by Crippen LogP contribution is 2.32. The number of rotatable bonds is 8. The lowest BCUT2D eigenvalue weighted by Crippen LogP contribution is -2.03. The van der Waals surface area contributed by atoms with Gasteiger partial charge in [-0.05, 0) is 60.2 Å². The van der Waals surface area contributed by atoms with Gasteiger partial charge in [0, 0.05) is 12.0 Å². The molecule has 2 aromatic carbocycles. The highest BCUT2D eigenvalue weighted by atomic mass is 19.4. The summed E-state index contributed by atoms with van der Waals surface area (Å²) in [4.78, 5) is 0. The molecule has 0 aliphatic carbocycles. The molecule has 0 aliphatic rings. The third-order valence-electron chi connectivity index (χ3n) is 5.10.